The summed E-state index contributed by atoms with van der Waals surface area (Å²) in [7, 11) is -2.05. The van der Waals surface area contributed by atoms with Gasteiger partial charge < -0.3 is 4.74 Å². The zero-order valence-electron chi connectivity index (χ0n) is 10.4. The van der Waals surface area contributed by atoms with Gasteiger partial charge in [0, 0.05) is 25.0 Å². The van der Waals surface area contributed by atoms with Crippen LogP contribution in [0.25, 0.3) is 0 Å². The highest BCUT2D eigenvalue weighted by Crippen LogP contribution is 2.17. The van der Waals surface area contributed by atoms with Gasteiger partial charge in [0.1, 0.15) is 5.75 Å². The van der Waals surface area contributed by atoms with Crippen LogP contribution in [0, 0.1) is 0 Å². The maximum absolute atomic E-state index is 12.1. The van der Waals surface area contributed by atoms with Crippen LogP contribution < -0.4 is 9.46 Å². The standard InChI is InChI=1S/C13H14N2O3S/c1-18-12-5-2-6-13(8-12)19(16,17)15-10-11-4-3-7-14-9-11/h2-9,15H,10H2,1H3. The van der Waals surface area contributed by atoms with Crippen molar-refractivity contribution in [3.63, 3.8) is 0 Å². The second-order valence-electron chi connectivity index (χ2n) is 3.86. The smallest absolute Gasteiger partial charge is 0.241 e. The summed E-state index contributed by atoms with van der Waals surface area (Å²) in [6.07, 6.45) is 3.26. The number of rotatable bonds is 5. The zero-order valence-corrected chi connectivity index (χ0v) is 11.2. The fourth-order valence-corrected chi connectivity index (χ4v) is 2.59. The maximum Gasteiger partial charge on any atom is 0.241 e. The molecule has 1 heterocycles. The van der Waals surface area contributed by atoms with Gasteiger partial charge in [0.15, 0.2) is 0 Å². The van der Waals surface area contributed by atoms with Crippen LogP contribution in [-0.2, 0) is 16.6 Å². The Morgan fingerprint density at radius 1 is 1.26 bits per heavy atom. The van der Waals surface area contributed by atoms with E-state index in [1.54, 1.807) is 36.7 Å². The first-order valence-electron chi connectivity index (χ1n) is 5.64. The lowest BCUT2D eigenvalue weighted by atomic mass is 10.3. The van der Waals surface area contributed by atoms with E-state index in [4.69, 9.17) is 4.74 Å². The summed E-state index contributed by atoms with van der Waals surface area (Å²) < 4.78 is 31.7. The highest BCUT2D eigenvalue weighted by Gasteiger charge is 2.14. The lowest BCUT2D eigenvalue weighted by molar-refractivity contribution is 0.413. The number of benzene rings is 1. The molecule has 1 aromatic heterocycles. The minimum Gasteiger partial charge on any atom is -0.497 e. The minimum absolute atomic E-state index is 0.177. The predicted molar refractivity (Wildman–Crippen MR) is 71.3 cm³/mol. The van der Waals surface area contributed by atoms with Gasteiger partial charge in [0.05, 0.1) is 12.0 Å². The van der Waals surface area contributed by atoms with E-state index in [2.05, 4.69) is 9.71 Å². The second kappa shape index (κ2) is 5.81. The van der Waals surface area contributed by atoms with Crippen molar-refractivity contribution in [3.8, 4) is 5.75 Å². The third kappa shape index (κ3) is 3.52. The topological polar surface area (TPSA) is 68.3 Å². The monoisotopic (exact) mass is 278 g/mol. The third-order valence-corrected chi connectivity index (χ3v) is 3.94. The van der Waals surface area contributed by atoms with Crippen LogP contribution in [-0.4, -0.2) is 20.5 Å². The summed E-state index contributed by atoms with van der Waals surface area (Å²) in [6, 6.07) is 9.90. The van der Waals surface area contributed by atoms with E-state index in [1.807, 2.05) is 0 Å². The van der Waals surface area contributed by atoms with Gasteiger partial charge in [0.25, 0.3) is 0 Å². The molecule has 0 amide bonds. The van der Waals surface area contributed by atoms with Crippen molar-refractivity contribution in [2.45, 2.75) is 11.4 Å². The summed E-state index contributed by atoms with van der Waals surface area (Å²) in [5, 5.41) is 0. The minimum atomic E-state index is -3.55. The Bertz CT molecular complexity index is 642. The number of hydrogen-bond donors (Lipinski definition) is 1. The molecule has 19 heavy (non-hydrogen) atoms. The first-order chi connectivity index (χ1) is 9.12. The number of hydrogen-bond acceptors (Lipinski definition) is 4. The quantitative estimate of drug-likeness (QED) is 0.901. The van der Waals surface area contributed by atoms with Crippen molar-refractivity contribution < 1.29 is 13.2 Å². The van der Waals surface area contributed by atoms with Gasteiger partial charge in [0.2, 0.25) is 10.0 Å². The van der Waals surface area contributed by atoms with Gasteiger partial charge in [-0.15, -0.1) is 0 Å². The van der Waals surface area contributed by atoms with E-state index in [-0.39, 0.29) is 11.4 Å². The molecule has 0 aliphatic heterocycles. The van der Waals surface area contributed by atoms with Crippen LogP contribution >= 0.6 is 0 Å². The maximum atomic E-state index is 12.1. The number of nitrogens with zero attached hydrogens (tertiary/aromatic N) is 1. The molecule has 0 unspecified atom stereocenters. The summed E-state index contributed by atoms with van der Waals surface area (Å²) in [5.74, 6) is 0.504. The molecule has 0 aliphatic carbocycles. The Morgan fingerprint density at radius 3 is 2.79 bits per heavy atom. The van der Waals surface area contributed by atoms with Crippen LogP contribution in [0.5, 0.6) is 5.75 Å². The van der Waals surface area contributed by atoms with Gasteiger partial charge in [-0.25, -0.2) is 13.1 Å². The van der Waals surface area contributed by atoms with Gasteiger partial charge in [-0.3, -0.25) is 4.98 Å². The van der Waals surface area contributed by atoms with Crippen LogP contribution in [0.1, 0.15) is 5.56 Å². The third-order valence-electron chi connectivity index (χ3n) is 2.54. The van der Waals surface area contributed by atoms with E-state index in [9.17, 15) is 8.42 Å². The normalized spacial score (nSPS) is 11.2. The first-order valence-corrected chi connectivity index (χ1v) is 7.13. The molecule has 0 bridgehead atoms. The molecule has 6 heteroatoms. The molecule has 1 aromatic carbocycles. The Morgan fingerprint density at radius 2 is 2.11 bits per heavy atom. The van der Waals surface area contributed by atoms with Gasteiger partial charge in [-0.05, 0) is 23.8 Å². The molecule has 5 nitrogen and oxygen atoms in total. The number of ether oxygens (including phenoxy) is 1. The number of aromatic nitrogens is 1. The van der Waals surface area contributed by atoms with E-state index in [0.29, 0.717) is 5.75 Å². The Hall–Kier alpha value is -1.92. The van der Waals surface area contributed by atoms with Crippen molar-refractivity contribution in [3.05, 3.63) is 54.4 Å². The number of sulfonamides is 1. The van der Waals surface area contributed by atoms with Crippen molar-refractivity contribution >= 4 is 10.0 Å². The average molecular weight is 278 g/mol. The molecule has 1 N–H and O–H groups in total. The molecule has 0 saturated carbocycles. The SMILES string of the molecule is COc1cccc(S(=O)(=O)NCc2cccnc2)c1. The molecule has 100 valence electrons. The average Bonchev–Trinajstić information content (AvgIpc) is 2.46. The summed E-state index contributed by atoms with van der Waals surface area (Å²) in [4.78, 5) is 4.11. The molecule has 0 radical (unpaired) electrons. The fourth-order valence-electron chi connectivity index (χ4n) is 1.53. The largest absolute Gasteiger partial charge is 0.497 e. The van der Waals surface area contributed by atoms with Crippen molar-refractivity contribution in [2.24, 2.45) is 0 Å². The van der Waals surface area contributed by atoms with E-state index >= 15 is 0 Å². The molecule has 0 saturated heterocycles. The molecule has 0 aliphatic rings. The van der Waals surface area contributed by atoms with Crippen LogP contribution in [0.4, 0.5) is 0 Å². The Balaban J connectivity index is 2.14. The highest BCUT2D eigenvalue weighted by atomic mass is 32.2. The van der Waals surface area contributed by atoms with E-state index < -0.39 is 10.0 Å². The Labute approximate surface area is 112 Å². The van der Waals surface area contributed by atoms with E-state index in [1.165, 1.54) is 19.2 Å². The molecule has 2 aromatic rings. The van der Waals surface area contributed by atoms with Crippen molar-refractivity contribution in [2.75, 3.05) is 7.11 Å². The number of methoxy groups -OCH3 is 1. The molecule has 0 atom stereocenters. The molecule has 0 fully saturated rings. The zero-order chi connectivity index (χ0) is 13.7. The lowest BCUT2D eigenvalue weighted by Gasteiger charge is -2.08. The molecule has 0 spiro atoms. The predicted octanol–water partition coefficient (Wildman–Crippen LogP) is 1.57. The first kappa shape index (κ1) is 13.5. The Kier molecular flexibility index (Phi) is 4.13. The van der Waals surface area contributed by atoms with Gasteiger partial charge in [-0.2, -0.15) is 0 Å². The van der Waals surface area contributed by atoms with Crippen LogP contribution in [0.15, 0.2) is 53.7 Å². The lowest BCUT2D eigenvalue weighted by Crippen LogP contribution is -2.23. The molecular formula is C13H14N2O3S. The molecule has 2 rings (SSSR count). The van der Waals surface area contributed by atoms with Gasteiger partial charge in [-0.1, -0.05) is 12.1 Å². The summed E-state index contributed by atoms with van der Waals surface area (Å²) >= 11 is 0. The highest BCUT2D eigenvalue weighted by molar-refractivity contribution is 7.89. The van der Waals surface area contributed by atoms with E-state index in [0.717, 1.165) is 5.56 Å². The fraction of sp³-hybridized carbons (Fsp3) is 0.154. The van der Waals surface area contributed by atoms with Crippen LogP contribution in [0.3, 0.4) is 0 Å². The van der Waals surface area contributed by atoms with Crippen molar-refractivity contribution in [1.82, 2.24) is 9.71 Å². The van der Waals surface area contributed by atoms with Gasteiger partial charge >= 0.3 is 0 Å². The van der Waals surface area contributed by atoms with Crippen LogP contribution in [0.2, 0.25) is 0 Å². The second-order valence-corrected chi connectivity index (χ2v) is 5.63. The van der Waals surface area contributed by atoms with Crippen molar-refractivity contribution in [1.29, 1.82) is 0 Å². The molecular weight excluding hydrogens is 264 g/mol. The summed E-state index contributed by atoms with van der Waals surface area (Å²) in [6.45, 7) is 0.202. The number of nitrogens with one attached hydrogen (secondary N) is 1. The number of pyridine rings is 1. The summed E-state index contributed by atoms with van der Waals surface area (Å²) in [5.41, 5.74) is 0.800.